The van der Waals surface area contributed by atoms with Crippen LogP contribution in [0.4, 0.5) is 0 Å². The van der Waals surface area contributed by atoms with E-state index in [1.165, 1.54) is 19.3 Å². The Morgan fingerprint density at radius 2 is 2.07 bits per heavy atom. The van der Waals surface area contributed by atoms with Gasteiger partial charge in [-0.2, -0.15) is 0 Å². The minimum Gasteiger partial charge on any atom is -0.393 e. The van der Waals surface area contributed by atoms with Crippen molar-refractivity contribution in [3.8, 4) is 0 Å². The summed E-state index contributed by atoms with van der Waals surface area (Å²) in [6.45, 7) is 7.52. The topological polar surface area (TPSA) is 32.3 Å². The predicted octanol–water partition coefficient (Wildman–Crippen LogP) is 2.17. The highest BCUT2D eigenvalue weighted by molar-refractivity contribution is 4.82. The van der Waals surface area contributed by atoms with Crippen LogP contribution in [0.5, 0.6) is 0 Å². The Morgan fingerprint density at radius 3 is 2.71 bits per heavy atom. The molecule has 0 aliphatic heterocycles. The van der Waals surface area contributed by atoms with Crippen LogP contribution in [0, 0.1) is 11.8 Å². The van der Waals surface area contributed by atoms with Crippen molar-refractivity contribution in [1.82, 2.24) is 5.32 Å². The van der Waals surface area contributed by atoms with Crippen LogP contribution in [-0.2, 0) is 0 Å². The van der Waals surface area contributed by atoms with E-state index >= 15 is 0 Å². The molecule has 2 heteroatoms. The van der Waals surface area contributed by atoms with Crippen molar-refractivity contribution >= 4 is 0 Å². The predicted molar refractivity (Wildman–Crippen MR) is 60.3 cm³/mol. The van der Waals surface area contributed by atoms with E-state index in [0.29, 0.717) is 6.04 Å². The summed E-state index contributed by atoms with van der Waals surface area (Å²) in [5.74, 6) is 1.64. The van der Waals surface area contributed by atoms with Gasteiger partial charge in [0.1, 0.15) is 0 Å². The molecule has 0 aromatic rings. The minimum atomic E-state index is -0.168. The molecule has 0 amide bonds. The van der Waals surface area contributed by atoms with Gasteiger partial charge in [-0.15, -0.1) is 0 Å². The van der Waals surface area contributed by atoms with Crippen molar-refractivity contribution in [2.75, 3.05) is 6.54 Å². The summed E-state index contributed by atoms with van der Waals surface area (Å²) in [6.07, 6.45) is 4.76. The van der Waals surface area contributed by atoms with E-state index in [4.69, 9.17) is 5.11 Å². The lowest BCUT2D eigenvalue weighted by Crippen LogP contribution is -2.41. The molecule has 84 valence electrons. The molecule has 1 rings (SSSR count). The Hall–Kier alpha value is -0.0800. The molecule has 1 fully saturated rings. The van der Waals surface area contributed by atoms with Crippen LogP contribution in [-0.4, -0.2) is 23.8 Å². The van der Waals surface area contributed by atoms with Gasteiger partial charge in [0, 0.05) is 6.04 Å². The van der Waals surface area contributed by atoms with E-state index in [0.717, 1.165) is 24.8 Å². The third-order valence-electron chi connectivity index (χ3n) is 3.68. The molecule has 1 aliphatic rings. The maximum atomic E-state index is 9.16. The van der Waals surface area contributed by atoms with Crippen LogP contribution in [0.1, 0.15) is 46.5 Å². The van der Waals surface area contributed by atoms with Gasteiger partial charge in [-0.25, -0.2) is 0 Å². The summed E-state index contributed by atoms with van der Waals surface area (Å²) < 4.78 is 0. The van der Waals surface area contributed by atoms with Crippen LogP contribution in [0.3, 0.4) is 0 Å². The molecule has 0 aromatic carbocycles. The Bertz CT molecular complexity index is 158. The largest absolute Gasteiger partial charge is 0.393 e. The maximum Gasteiger partial charge on any atom is 0.0524 e. The van der Waals surface area contributed by atoms with Gasteiger partial charge >= 0.3 is 0 Å². The standard InChI is InChI=1S/C12H25NO/c1-9-5-4-6-12(11(9)3)13-8-7-10(2)14/h9-14H,4-8H2,1-3H3. The molecule has 0 aromatic heterocycles. The molecule has 2 nitrogen and oxygen atoms in total. The van der Waals surface area contributed by atoms with Crippen molar-refractivity contribution in [2.24, 2.45) is 11.8 Å². The van der Waals surface area contributed by atoms with Gasteiger partial charge in [0.2, 0.25) is 0 Å². The molecule has 4 unspecified atom stereocenters. The Labute approximate surface area is 88.1 Å². The lowest BCUT2D eigenvalue weighted by molar-refractivity contribution is 0.168. The number of nitrogens with one attached hydrogen (secondary N) is 1. The fraction of sp³-hybridized carbons (Fsp3) is 1.00. The lowest BCUT2D eigenvalue weighted by Gasteiger charge is -2.34. The summed E-state index contributed by atoms with van der Waals surface area (Å²) >= 11 is 0. The summed E-state index contributed by atoms with van der Waals surface area (Å²) in [4.78, 5) is 0. The van der Waals surface area contributed by atoms with E-state index in [2.05, 4.69) is 19.2 Å². The van der Waals surface area contributed by atoms with Crippen molar-refractivity contribution in [2.45, 2.75) is 58.6 Å². The molecule has 1 saturated carbocycles. The van der Waals surface area contributed by atoms with Gasteiger partial charge in [0.25, 0.3) is 0 Å². The number of aliphatic hydroxyl groups excluding tert-OH is 1. The lowest BCUT2D eigenvalue weighted by atomic mass is 9.78. The second-order valence-corrected chi connectivity index (χ2v) is 4.97. The fourth-order valence-corrected chi connectivity index (χ4v) is 2.35. The molecule has 0 radical (unpaired) electrons. The average molecular weight is 199 g/mol. The number of hydrogen-bond donors (Lipinski definition) is 2. The van der Waals surface area contributed by atoms with E-state index in [9.17, 15) is 0 Å². The molecule has 0 spiro atoms. The van der Waals surface area contributed by atoms with Crippen LogP contribution < -0.4 is 5.32 Å². The molecule has 2 N–H and O–H groups in total. The third kappa shape index (κ3) is 3.58. The molecular weight excluding hydrogens is 174 g/mol. The average Bonchev–Trinajstić information content (AvgIpc) is 2.12. The molecule has 4 atom stereocenters. The maximum absolute atomic E-state index is 9.16. The number of rotatable bonds is 4. The highest BCUT2D eigenvalue weighted by atomic mass is 16.3. The van der Waals surface area contributed by atoms with E-state index < -0.39 is 0 Å². The Kier molecular flexibility index (Phi) is 4.90. The van der Waals surface area contributed by atoms with E-state index in [1.54, 1.807) is 0 Å². The van der Waals surface area contributed by atoms with Crippen LogP contribution >= 0.6 is 0 Å². The van der Waals surface area contributed by atoms with Crippen LogP contribution in [0.15, 0.2) is 0 Å². The summed E-state index contributed by atoms with van der Waals surface area (Å²) in [6, 6.07) is 0.678. The second-order valence-electron chi connectivity index (χ2n) is 4.97. The second kappa shape index (κ2) is 5.72. The summed E-state index contributed by atoms with van der Waals surface area (Å²) in [7, 11) is 0. The van der Waals surface area contributed by atoms with Crippen molar-refractivity contribution < 1.29 is 5.11 Å². The Morgan fingerprint density at radius 1 is 1.36 bits per heavy atom. The normalized spacial score (nSPS) is 35.6. The monoisotopic (exact) mass is 199 g/mol. The van der Waals surface area contributed by atoms with Crippen molar-refractivity contribution in [3.05, 3.63) is 0 Å². The zero-order valence-corrected chi connectivity index (χ0v) is 9.79. The van der Waals surface area contributed by atoms with Gasteiger partial charge in [-0.1, -0.05) is 26.7 Å². The number of aliphatic hydroxyl groups is 1. The number of hydrogen-bond acceptors (Lipinski definition) is 2. The van der Waals surface area contributed by atoms with E-state index in [-0.39, 0.29) is 6.10 Å². The first kappa shape index (κ1) is 12.0. The molecule has 0 bridgehead atoms. The van der Waals surface area contributed by atoms with Gasteiger partial charge in [-0.05, 0) is 38.1 Å². The first-order chi connectivity index (χ1) is 6.61. The zero-order chi connectivity index (χ0) is 10.6. The molecule has 1 aliphatic carbocycles. The molecule has 14 heavy (non-hydrogen) atoms. The van der Waals surface area contributed by atoms with E-state index in [1.807, 2.05) is 6.92 Å². The summed E-state index contributed by atoms with van der Waals surface area (Å²) in [5, 5.41) is 12.7. The van der Waals surface area contributed by atoms with Crippen LogP contribution in [0.2, 0.25) is 0 Å². The smallest absolute Gasteiger partial charge is 0.0524 e. The molecule has 0 heterocycles. The van der Waals surface area contributed by atoms with Gasteiger partial charge in [0.15, 0.2) is 0 Å². The molecular formula is C12H25NO. The zero-order valence-electron chi connectivity index (χ0n) is 9.79. The molecule has 0 saturated heterocycles. The van der Waals surface area contributed by atoms with Crippen molar-refractivity contribution in [1.29, 1.82) is 0 Å². The highest BCUT2D eigenvalue weighted by Gasteiger charge is 2.26. The first-order valence-corrected chi connectivity index (χ1v) is 6.02. The fourth-order valence-electron chi connectivity index (χ4n) is 2.35. The summed E-state index contributed by atoms with van der Waals surface area (Å²) in [5.41, 5.74) is 0. The first-order valence-electron chi connectivity index (χ1n) is 6.02. The quantitative estimate of drug-likeness (QED) is 0.727. The van der Waals surface area contributed by atoms with Gasteiger partial charge < -0.3 is 10.4 Å². The SMILES string of the molecule is CC(O)CCNC1CCCC(C)C1C. The third-order valence-corrected chi connectivity index (χ3v) is 3.68. The van der Waals surface area contributed by atoms with Crippen molar-refractivity contribution in [3.63, 3.8) is 0 Å². The highest BCUT2D eigenvalue weighted by Crippen LogP contribution is 2.29. The van der Waals surface area contributed by atoms with Gasteiger partial charge in [0.05, 0.1) is 6.10 Å². The minimum absolute atomic E-state index is 0.168. The Balaban J connectivity index is 2.22. The van der Waals surface area contributed by atoms with Crippen LogP contribution in [0.25, 0.3) is 0 Å². The van der Waals surface area contributed by atoms with Gasteiger partial charge in [-0.3, -0.25) is 0 Å².